The van der Waals surface area contributed by atoms with E-state index in [1.54, 1.807) is 37.6 Å². The molecule has 2 aliphatic heterocycles. The number of rotatable bonds is 10. The minimum absolute atomic E-state index is 0.0278. The van der Waals surface area contributed by atoms with Crippen LogP contribution in [-0.4, -0.2) is 95.8 Å². The van der Waals surface area contributed by atoms with Gasteiger partial charge in [-0.15, -0.1) is 0 Å². The molecule has 0 aromatic carbocycles. The zero-order valence-corrected chi connectivity index (χ0v) is 25.0. The van der Waals surface area contributed by atoms with E-state index in [2.05, 4.69) is 10.2 Å². The smallest absolute Gasteiger partial charge is 0.329 e. The van der Waals surface area contributed by atoms with Crippen LogP contribution >= 0.6 is 0 Å². The molecule has 0 unspecified atom stereocenters. The third kappa shape index (κ3) is 8.04. The monoisotopic (exact) mass is 534 g/mol. The van der Waals surface area contributed by atoms with Crippen molar-refractivity contribution in [3.8, 4) is 0 Å². The fourth-order valence-corrected chi connectivity index (χ4v) is 5.41. The first-order chi connectivity index (χ1) is 17.8. The van der Waals surface area contributed by atoms with E-state index in [0.717, 1.165) is 32.2 Å². The second-order valence-corrected chi connectivity index (χ2v) is 11.9. The Bertz CT molecular complexity index is 884. The molecule has 0 spiro atoms. The highest BCUT2D eigenvalue weighted by Gasteiger charge is 2.37. The average molecular weight is 535 g/mol. The van der Waals surface area contributed by atoms with Crippen LogP contribution in [0.3, 0.4) is 0 Å². The third-order valence-corrected chi connectivity index (χ3v) is 7.68. The second kappa shape index (κ2) is 14.1. The summed E-state index contributed by atoms with van der Waals surface area (Å²) in [5.74, 6) is -0.940. The molecule has 9 heteroatoms. The SMILES string of the molecule is CC(=C[C@H](C(C)C)N(C)C(=O)[C@@H](NC(=O)[C@H]1CCCCN1C)C(C)C)C(=O)N1CCC[C@H]1C(=O)OC(C)C. The molecular weight excluding hydrogens is 484 g/mol. The van der Waals surface area contributed by atoms with Crippen LogP contribution in [0.15, 0.2) is 11.6 Å². The van der Waals surface area contributed by atoms with Gasteiger partial charge in [-0.05, 0) is 71.9 Å². The lowest BCUT2D eigenvalue weighted by molar-refractivity contribution is -0.155. The number of carbonyl (C=O) groups excluding carboxylic acids is 4. The lowest BCUT2D eigenvalue weighted by Crippen LogP contribution is -2.57. The van der Waals surface area contributed by atoms with Crippen LogP contribution in [0.2, 0.25) is 0 Å². The van der Waals surface area contributed by atoms with Gasteiger partial charge in [0.2, 0.25) is 17.7 Å². The average Bonchev–Trinajstić information content (AvgIpc) is 3.34. The number of esters is 1. The standard InChI is InChI=1S/C29H50N4O5/c1-18(2)24(17-21(7)27(35)33-16-12-14-23(33)29(37)38-20(5)6)32(9)28(36)25(19(3)4)30-26(34)22-13-10-11-15-31(22)8/h17-20,22-25H,10-16H2,1-9H3,(H,30,34)/t22-,23+,24-,25+/m1/s1. The molecule has 0 radical (unpaired) electrons. The molecule has 0 aromatic rings. The minimum Gasteiger partial charge on any atom is -0.461 e. The van der Waals surface area contributed by atoms with Crippen LogP contribution in [-0.2, 0) is 23.9 Å². The van der Waals surface area contributed by atoms with Gasteiger partial charge in [0, 0.05) is 19.2 Å². The summed E-state index contributed by atoms with van der Waals surface area (Å²) in [7, 11) is 3.68. The number of amides is 3. The molecule has 9 nitrogen and oxygen atoms in total. The largest absolute Gasteiger partial charge is 0.461 e. The molecule has 2 rings (SSSR count). The number of nitrogens with one attached hydrogen (secondary N) is 1. The first-order valence-corrected chi connectivity index (χ1v) is 14.2. The predicted molar refractivity (Wildman–Crippen MR) is 148 cm³/mol. The Kier molecular flexibility index (Phi) is 11.8. The normalized spacial score (nSPS) is 22.5. The van der Waals surface area contributed by atoms with E-state index in [4.69, 9.17) is 4.74 Å². The molecule has 0 bridgehead atoms. The summed E-state index contributed by atoms with van der Waals surface area (Å²) in [6.07, 6.45) is 5.78. The van der Waals surface area contributed by atoms with Crippen LogP contribution in [0.25, 0.3) is 0 Å². The molecular formula is C29H50N4O5. The van der Waals surface area contributed by atoms with Gasteiger partial charge < -0.3 is 19.9 Å². The Morgan fingerprint density at radius 1 is 0.921 bits per heavy atom. The topological polar surface area (TPSA) is 99.3 Å². The van der Waals surface area contributed by atoms with Gasteiger partial charge in [-0.2, -0.15) is 0 Å². The maximum atomic E-state index is 13.7. The Balaban J connectivity index is 2.19. The number of hydrogen-bond acceptors (Lipinski definition) is 6. The fraction of sp³-hybridized carbons (Fsp3) is 0.793. The van der Waals surface area contributed by atoms with E-state index >= 15 is 0 Å². The maximum absolute atomic E-state index is 13.7. The van der Waals surface area contributed by atoms with Gasteiger partial charge in [-0.3, -0.25) is 19.3 Å². The van der Waals surface area contributed by atoms with Crippen LogP contribution in [0, 0.1) is 11.8 Å². The Morgan fingerprint density at radius 3 is 2.11 bits per heavy atom. The van der Waals surface area contributed by atoms with Crippen molar-refractivity contribution < 1.29 is 23.9 Å². The lowest BCUT2D eigenvalue weighted by atomic mass is 9.96. The van der Waals surface area contributed by atoms with Gasteiger partial charge >= 0.3 is 5.97 Å². The highest BCUT2D eigenvalue weighted by Crippen LogP contribution is 2.23. The summed E-state index contributed by atoms with van der Waals surface area (Å²) < 4.78 is 5.37. The van der Waals surface area contributed by atoms with Crippen molar-refractivity contribution in [2.45, 2.75) is 111 Å². The maximum Gasteiger partial charge on any atom is 0.329 e. The van der Waals surface area contributed by atoms with Gasteiger partial charge in [0.25, 0.3) is 0 Å². The first kappa shape index (κ1) is 31.8. The number of piperidine rings is 1. The summed E-state index contributed by atoms with van der Waals surface area (Å²) in [4.78, 5) is 58.0. The molecule has 2 aliphatic rings. The van der Waals surface area contributed by atoms with Crippen LogP contribution in [0.4, 0.5) is 0 Å². The van der Waals surface area contributed by atoms with Gasteiger partial charge in [0.1, 0.15) is 12.1 Å². The van der Waals surface area contributed by atoms with Crippen LogP contribution in [0.5, 0.6) is 0 Å². The molecule has 0 aliphatic carbocycles. The van der Waals surface area contributed by atoms with Crippen molar-refractivity contribution in [2.24, 2.45) is 11.8 Å². The van der Waals surface area contributed by atoms with Gasteiger partial charge in [-0.25, -0.2) is 4.79 Å². The highest BCUT2D eigenvalue weighted by molar-refractivity contribution is 5.96. The van der Waals surface area contributed by atoms with Crippen molar-refractivity contribution in [1.29, 1.82) is 0 Å². The number of hydrogen-bond donors (Lipinski definition) is 1. The minimum atomic E-state index is -0.665. The molecule has 2 heterocycles. The summed E-state index contributed by atoms with van der Waals surface area (Å²) >= 11 is 0. The molecule has 3 amide bonds. The van der Waals surface area contributed by atoms with Crippen molar-refractivity contribution in [3.63, 3.8) is 0 Å². The quantitative estimate of drug-likeness (QED) is 0.342. The van der Waals surface area contributed by atoms with Gasteiger partial charge in [0.15, 0.2) is 0 Å². The van der Waals surface area contributed by atoms with Crippen molar-refractivity contribution in [3.05, 3.63) is 11.6 Å². The summed E-state index contributed by atoms with van der Waals surface area (Å²) in [6.45, 7) is 14.6. The molecule has 1 N–H and O–H groups in total. The lowest BCUT2D eigenvalue weighted by Gasteiger charge is -2.36. The summed E-state index contributed by atoms with van der Waals surface area (Å²) in [5, 5.41) is 3.03. The third-order valence-electron chi connectivity index (χ3n) is 7.68. The van der Waals surface area contributed by atoms with E-state index in [0.29, 0.717) is 18.5 Å². The number of ether oxygens (including phenoxy) is 1. The molecule has 4 atom stereocenters. The molecule has 0 aromatic heterocycles. The Morgan fingerprint density at radius 2 is 1.55 bits per heavy atom. The van der Waals surface area contributed by atoms with Crippen molar-refractivity contribution in [1.82, 2.24) is 20.0 Å². The first-order valence-electron chi connectivity index (χ1n) is 14.2. The van der Waals surface area contributed by atoms with Crippen LogP contribution in [0.1, 0.15) is 80.6 Å². The Hall–Kier alpha value is -2.42. The van der Waals surface area contributed by atoms with E-state index in [1.807, 2.05) is 40.8 Å². The second-order valence-electron chi connectivity index (χ2n) is 11.9. The number of likely N-dealkylation sites (N-methyl/N-ethyl adjacent to an activating group) is 2. The van der Waals surface area contributed by atoms with Gasteiger partial charge in [0.05, 0.1) is 18.2 Å². The molecule has 216 valence electrons. The van der Waals surface area contributed by atoms with Crippen molar-refractivity contribution in [2.75, 3.05) is 27.2 Å². The van der Waals surface area contributed by atoms with E-state index in [9.17, 15) is 19.2 Å². The zero-order valence-electron chi connectivity index (χ0n) is 25.0. The van der Waals surface area contributed by atoms with E-state index in [1.165, 1.54) is 0 Å². The Labute approximate surface area is 229 Å². The number of likely N-dealkylation sites (tertiary alicyclic amines) is 2. The molecule has 38 heavy (non-hydrogen) atoms. The van der Waals surface area contributed by atoms with Crippen molar-refractivity contribution >= 4 is 23.7 Å². The number of carbonyl (C=O) groups is 4. The predicted octanol–water partition coefficient (Wildman–Crippen LogP) is 2.98. The molecule has 0 saturated carbocycles. The summed E-state index contributed by atoms with van der Waals surface area (Å²) in [5.41, 5.74) is 0.488. The number of nitrogens with zero attached hydrogens (tertiary/aromatic N) is 3. The van der Waals surface area contributed by atoms with Gasteiger partial charge in [-0.1, -0.05) is 40.2 Å². The summed E-state index contributed by atoms with van der Waals surface area (Å²) in [6, 6.07) is -1.82. The molecule has 2 saturated heterocycles. The van der Waals surface area contributed by atoms with E-state index < -0.39 is 12.1 Å². The fourth-order valence-electron chi connectivity index (χ4n) is 5.41. The van der Waals surface area contributed by atoms with E-state index in [-0.39, 0.29) is 53.7 Å². The molecule has 2 fully saturated rings. The van der Waals surface area contributed by atoms with Crippen LogP contribution < -0.4 is 5.32 Å². The zero-order chi connectivity index (χ0) is 28.7. The highest BCUT2D eigenvalue weighted by atomic mass is 16.5.